The number of rotatable bonds is 3. The smallest absolute Gasteiger partial charge is 0.310 e. The van der Waals surface area contributed by atoms with Gasteiger partial charge in [0.25, 0.3) is 0 Å². The molecule has 3 atom stereocenters. The number of esters is 1. The van der Waals surface area contributed by atoms with Gasteiger partial charge in [-0.15, -0.1) is 0 Å². The molecule has 2 aromatic carbocycles. The van der Waals surface area contributed by atoms with E-state index < -0.39 is 0 Å². The Balaban J connectivity index is 1.49. The zero-order chi connectivity index (χ0) is 19.6. The van der Waals surface area contributed by atoms with Crippen LogP contribution in [0.5, 0.6) is 0 Å². The van der Waals surface area contributed by atoms with E-state index in [0.717, 1.165) is 24.8 Å². The van der Waals surface area contributed by atoms with Gasteiger partial charge in [-0.3, -0.25) is 4.79 Å². The molecule has 1 spiro atoms. The lowest BCUT2D eigenvalue weighted by molar-refractivity contribution is -0.167. The van der Waals surface area contributed by atoms with Crippen molar-refractivity contribution in [2.45, 2.75) is 59.0 Å². The summed E-state index contributed by atoms with van der Waals surface area (Å²) < 4.78 is 6.42. The van der Waals surface area contributed by atoms with Crippen LogP contribution in [-0.4, -0.2) is 12.1 Å². The standard InChI is InChI=1S/C26H30O2/c1-24(2)21-13-14-25(24,3)23(28-22(27)15-18-9-5-4-6-10-18)26(21)16-19-11-7-8-12-20(19)17-26/h4-12,21,23H,13-17H2,1-3H3/t21-,23-,25-/m0/s1. The van der Waals surface area contributed by atoms with Crippen molar-refractivity contribution in [2.75, 3.05) is 0 Å². The highest BCUT2D eigenvalue weighted by molar-refractivity contribution is 5.73. The third kappa shape index (κ3) is 2.30. The average molecular weight is 375 g/mol. The summed E-state index contributed by atoms with van der Waals surface area (Å²) in [5, 5.41) is 0. The molecule has 28 heavy (non-hydrogen) atoms. The Kier molecular flexibility index (Phi) is 3.82. The van der Waals surface area contributed by atoms with E-state index in [1.807, 2.05) is 30.3 Å². The van der Waals surface area contributed by atoms with Crippen LogP contribution in [-0.2, 0) is 28.8 Å². The molecule has 0 heterocycles. The highest BCUT2D eigenvalue weighted by Crippen LogP contribution is 2.75. The fourth-order valence-electron chi connectivity index (χ4n) is 7.11. The van der Waals surface area contributed by atoms with Crippen molar-refractivity contribution < 1.29 is 9.53 Å². The first-order valence-corrected chi connectivity index (χ1v) is 10.7. The van der Waals surface area contributed by atoms with Gasteiger partial charge < -0.3 is 4.74 Å². The van der Waals surface area contributed by atoms with E-state index in [9.17, 15) is 4.79 Å². The minimum atomic E-state index is -0.0730. The fourth-order valence-corrected chi connectivity index (χ4v) is 7.11. The van der Waals surface area contributed by atoms with E-state index in [1.54, 1.807) is 0 Å². The van der Waals surface area contributed by atoms with E-state index in [4.69, 9.17) is 4.74 Å². The van der Waals surface area contributed by atoms with E-state index in [-0.39, 0.29) is 28.3 Å². The first-order valence-electron chi connectivity index (χ1n) is 10.7. The molecule has 2 saturated carbocycles. The van der Waals surface area contributed by atoms with Crippen LogP contribution in [0.4, 0.5) is 0 Å². The number of carbonyl (C=O) groups is 1. The third-order valence-corrected chi connectivity index (χ3v) is 8.69. The van der Waals surface area contributed by atoms with Crippen molar-refractivity contribution in [3.05, 3.63) is 71.3 Å². The molecular formula is C26H30O2. The molecule has 3 aliphatic rings. The largest absolute Gasteiger partial charge is 0.461 e. The van der Waals surface area contributed by atoms with Gasteiger partial charge in [0.1, 0.15) is 6.10 Å². The van der Waals surface area contributed by atoms with E-state index >= 15 is 0 Å². The minimum absolute atomic E-state index is 0.00244. The highest BCUT2D eigenvalue weighted by atomic mass is 16.5. The predicted octanol–water partition coefficient (Wildman–Crippen LogP) is 5.38. The Morgan fingerprint density at radius 3 is 2.21 bits per heavy atom. The summed E-state index contributed by atoms with van der Waals surface area (Å²) in [5.41, 5.74) is 4.24. The monoisotopic (exact) mass is 374 g/mol. The second-order valence-corrected chi connectivity index (χ2v) is 10.1. The van der Waals surface area contributed by atoms with Gasteiger partial charge in [0.15, 0.2) is 0 Å². The maximum atomic E-state index is 13.0. The second kappa shape index (κ2) is 5.95. The maximum Gasteiger partial charge on any atom is 0.310 e. The predicted molar refractivity (Wildman–Crippen MR) is 111 cm³/mol. The quantitative estimate of drug-likeness (QED) is 0.674. The number of benzene rings is 2. The molecule has 0 saturated heterocycles. The lowest BCUT2D eigenvalue weighted by Crippen LogP contribution is -2.48. The number of fused-ring (bicyclic) bond motifs is 4. The lowest BCUT2D eigenvalue weighted by atomic mass is 9.66. The second-order valence-electron chi connectivity index (χ2n) is 10.1. The Hall–Kier alpha value is -2.09. The molecule has 0 radical (unpaired) electrons. The van der Waals surface area contributed by atoms with Crippen LogP contribution in [0.15, 0.2) is 54.6 Å². The molecule has 5 rings (SSSR count). The topological polar surface area (TPSA) is 26.3 Å². The number of ether oxygens (including phenoxy) is 1. The van der Waals surface area contributed by atoms with Gasteiger partial charge in [0.2, 0.25) is 0 Å². The molecule has 2 aromatic rings. The maximum absolute atomic E-state index is 13.0. The molecule has 0 amide bonds. The lowest BCUT2D eigenvalue weighted by Gasteiger charge is -2.44. The number of hydrogen-bond acceptors (Lipinski definition) is 2. The summed E-state index contributed by atoms with van der Waals surface area (Å²) in [4.78, 5) is 13.0. The van der Waals surface area contributed by atoms with Crippen LogP contribution in [0.2, 0.25) is 0 Å². The van der Waals surface area contributed by atoms with E-state index in [0.29, 0.717) is 12.3 Å². The molecule has 2 nitrogen and oxygen atoms in total. The van der Waals surface area contributed by atoms with Crippen molar-refractivity contribution in [3.8, 4) is 0 Å². The first kappa shape index (κ1) is 18.0. The average Bonchev–Trinajstić information content (AvgIpc) is 3.19. The Morgan fingerprint density at radius 2 is 1.57 bits per heavy atom. The summed E-state index contributed by atoms with van der Waals surface area (Å²) in [5.74, 6) is 0.531. The van der Waals surface area contributed by atoms with Crippen molar-refractivity contribution >= 4 is 5.97 Å². The van der Waals surface area contributed by atoms with Gasteiger partial charge in [-0.05, 0) is 53.7 Å². The summed E-state index contributed by atoms with van der Waals surface area (Å²) in [6.45, 7) is 7.21. The Morgan fingerprint density at radius 1 is 0.964 bits per heavy atom. The summed E-state index contributed by atoms with van der Waals surface area (Å²) in [6, 6.07) is 18.8. The van der Waals surface area contributed by atoms with Crippen LogP contribution in [0.1, 0.15) is 50.3 Å². The molecule has 0 aliphatic heterocycles. The molecule has 3 aliphatic carbocycles. The first-order chi connectivity index (χ1) is 13.4. The molecule has 2 heteroatoms. The highest BCUT2D eigenvalue weighted by Gasteiger charge is 2.74. The SMILES string of the molecule is CC1(C)[C@@H]2CC[C@@]1(C)[C@H](OC(=O)Cc1ccccc1)C21Cc2ccccc2C1. The molecule has 0 unspecified atom stereocenters. The fraction of sp³-hybridized carbons (Fsp3) is 0.500. The van der Waals surface area contributed by atoms with Gasteiger partial charge >= 0.3 is 5.97 Å². The minimum Gasteiger partial charge on any atom is -0.461 e. The molecule has 146 valence electrons. The van der Waals surface area contributed by atoms with Gasteiger partial charge in [0, 0.05) is 10.8 Å². The zero-order valence-corrected chi connectivity index (χ0v) is 17.2. The summed E-state index contributed by atoms with van der Waals surface area (Å²) >= 11 is 0. The van der Waals surface area contributed by atoms with Crippen LogP contribution >= 0.6 is 0 Å². The zero-order valence-electron chi connectivity index (χ0n) is 17.2. The van der Waals surface area contributed by atoms with Crippen LogP contribution < -0.4 is 0 Å². The third-order valence-electron chi connectivity index (χ3n) is 8.69. The van der Waals surface area contributed by atoms with Crippen molar-refractivity contribution in [2.24, 2.45) is 22.2 Å². The van der Waals surface area contributed by atoms with Crippen LogP contribution in [0.25, 0.3) is 0 Å². The molecular weight excluding hydrogens is 344 g/mol. The normalized spacial score (nSPS) is 31.1. The molecule has 2 bridgehead atoms. The molecule has 0 aromatic heterocycles. The Labute approximate surface area is 168 Å². The van der Waals surface area contributed by atoms with E-state index in [1.165, 1.54) is 17.5 Å². The van der Waals surface area contributed by atoms with Gasteiger partial charge in [-0.25, -0.2) is 0 Å². The van der Waals surface area contributed by atoms with E-state index in [2.05, 4.69) is 45.0 Å². The number of hydrogen-bond donors (Lipinski definition) is 0. The Bertz CT molecular complexity index is 888. The van der Waals surface area contributed by atoms with Crippen LogP contribution in [0, 0.1) is 22.2 Å². The van der Waals surface area contributed by atoms with Crippen molar-refractivity contribution in [3.63, 3.8) is 0 Å². The summed E-state index contributed by atoms with van der Waals surface area (Å²) in [6.07, 6.45) is 4.88. The van der Waals surface area contributed by atoms with Gasteiger partial charge in [-0.1, -0.05) is 75.4 Å². The molecule has 2 fully saturated rings. The van der Waals surface area contributed by atoms with Gasteiger partial charge in [-0.2, -0.15) is 0 Å². The van der Waals surface area contributed by atoms with Crippen LogP contribution in [0.3, 0.4) is 0 Å². The summed E-state index contributed by atoms with van der Waals surface area (Å²) in [7, 11) is 0. The van der Waals surface area contributed by atoms with Crippen molar-refractivity contribution in [1.82, 2.24) is 0 Å². The number of carbonyl (C=O) groups excluding carboxylic acids is 1. The van der Waals surface area contributed by atoms with Gasteiger partial charge in [0.05, 0.1) is 6.42 Å². The molecule has 0 N–H and O–H groups in total. The van der Waals surface area contributed by atoms with Crippen molar-refractivity contribution in [1.29, 1.82) is 0 Å².